The summed E-state index contributed by atoms with van der Waals surface area (Å²) in [5, 5.41) is 20.3. The zero-order valence-electron chi connectivity index (χ0n) is 9.13. The zero-order chi connectivity index (χ0) is 13.3. The van der Waals surface area contributed by atoms with Crippen LogP contribution in [0.1, 0.15) is 26.8 Å². The molecule has 0 saturated heterocycles. The Morgan fingerprint density at radius 3 is 2.72 bits per heavy atom. The van der Waals surface area contributed by atoms with Crippen molar-refractivity contribution >= 4 is 17.3 Å². The second-order valence-electron chi connectivity index (χ2n) is 3.69. The van der Waals surface area contributed by atoms with E-state index in [4.69, 9.17) is 10.8 Å². The standard InChI is InChI=1S/C12H10FNO3S/c13-8-5-6(12(16)17)4-7(11(8)15)10(14)9-2-1-3-18-9/h1-5,10,15H,14H2,(H,16,17)/t10-/m0/s1. The fraction of sp³-hybridized carbons (Fsp3) is 0.0833. The molecule has 0 saturated carbocycles. The third-order valence-corrected chi connectivity index (χ3v) is 3.48. The molecule has 0 unspecified atom stereocenters. The number of carboxylic acids is 1. The molecule has 1 atom stereocenters. The minimum absolute atomic E-state index is 0.0647. The van der Waals surface area contributed by atoms with Gasteiger partial charge in [0.15, 0.2) is 11.6 Å². The second-order valence-corrected chi connectivity index (χ2v) is 4.67. The molecule has 0 radical (unpaired) electrons. The summed E-state index contributed by atoms with van der Waals surface area (Å²) in [5.74, 6) is -2.87. The minimum atomic E-state index is -1.27. The zero-order valence-corrected chi connectivity index (χ0v) is 9.95. The van der Waals surface area contributed by atoms with Crippen molar-refractivity contribution in [1.82, 2.24) is 0 Å². The Hall–Kier alpha value is -1.92. The molecule has 0 spiro atoms. The first-order valence-electron chi connectivity index (χ1n) is 5.05. The van der Waals surface area contributed by atoms with E-state index in [-0.39, 0.29) is 11.1 Å². The van der Waals surface area contributed by atoms with Gasteiger partial charge in [0.05, 0.1) is 11.6 Å². The predicted octanol–water partition coefficient (Wildman–Crippen LogP) is 2.34. The van der Waals surface area contributed by atoms with E-state index in [2.05, 4.69) is 0 Å². The van der Waals surface area contributed by atoms with Gasteiger partial charge in [0, 0.05) is 10.4 Å². The van der Waals surface area contributed by atoms with Crippen LogP contribution in [0.15, 0.2) is 29.6 Å². The monoisotopic (exact) mass is 267 g/mol. The summed E-state index contributed by atoms with van der Waals surface area (Å²) in [4.78, 5) is 11.6. The molecule has 0 aliphatic heterocycles. The summed E-state index contributed by atoms with van der Waals surface area (Å²) in [5.41, 5.74) is 5.71. The van der Waals surface area contributed by atoms with Crippen LogP contribution in [-0.2, 0) is 0 Å². The van der Waals surface area contributed by atoms with Gasteiger partial charge >= 0.3 is 5.97 Å². The Morgan fingerprint density at radius 2 is 2.17 bits per heavy atom. The Labute approximate surface area is 106 Å². The predicted molar refractivity (Wildman–Crippen MR) is 65.4 cm³/mol. The summed E-state index contributed by atoms with van der Waals surface area (Å²) < 4.78 is 13.4. The smallest absolute Gasteiger partial charge is 0.335 e. The third kappa shape index (κ3) is 2.20. The third-order valence-electron chi connectivity index (χ3n) is 2.52. The highest BCUT2D eigenvalue weighted by Crippen LogP contribution is 2.32. The van der Waals surface area contributed by atoms with Gasteiger partial charge in [-0.15, -0.1) is 11.3 Å². The fourth-order valence-corrected chi connectivity index (χ4v) is 2.35. The lowest BCUT2D eigenvalue weighted by Gasteiger charge is -2.13. The SMILES string of the molecule is N[C@H](c1cccs1)c1cc(C(=O)O)cc(F)c1O. The highest BCUT2D eigenvalue weighted by molar-refractivity contribution is 7.10. The van der Waals surface area contributed by atoms with E-state index < -0.39 is 23.6 Å². The Balaban J connectivity index is 2.53. The Morgan fingerprint density at radius 1 is 1.44 bits per heavy atom. The molecule has 0 aliphatic carbocycles. The van der Waals surface area contributed by atoms with E-state index in [9.17, 15) is 14.3 Å². The van der Waals surface area contributed by atoms with Crippen molar-refractivity contribution in [2.75, 3.05) is 0 Å². The van der Waals surface area contributed by atoms with Crippen LogP contribution in [0.25, 0.3) is 0 Å². The maximum atomic E-state index is 13.4. The molecule has 0 fully saturated rings. The lowest BCUT2D eigenvalue weighted by molar-refractivity contribution is 0.0696. The molecule has 0 bridgehead atoms. The van der Waals surface area contributed by atoms with Gasteiger partial charge in [0.25, 0.3) is 0 Å². The molecule has 0 aliphatic rings. The first kappa shape index (κ1) is 12.5. The summed E-state index contributed by atoms with van der Waals surface area (Å²) in [7, 11) is 0. The number of carbonyl (C=O) groups is 1. The van der Waals surface area contributed by atoms with Gasteiger partial charge in [-0.05, 0) is 23.6 Å². The minimum Gasteiger partial charge on any atom is -0.505 e. The molecule has 1 aromatic heterocycles. The molecule has 2 aromatic rings. The van der Waals surface area contributed by atoms with Gasteiger partial charge in [-0.25, -0.2) is 9.18 Å². The van der Waals surface area contributed by atoms with Gasteiger partial charge in [-0.2, -0.15) is 0 Å². The van der Waals surface area contributed by atoms with Crippen molar-refractivity contribution in [1.29, 1.82) is 0 Å². The molecule has 18 heavy (non-hydrogen) atoms. The highest BCUT2D eigenvalue weighted by atomic mass is 32.1. The van der Waals surface area contributed by atoms with E-state index in [1.807, 2.05) is 0 Å². The van der Waals surface area contributed by atoms with Crippen LogP contribution < -0.4 is 5.73 Å². The van der Waals surface area contributed by atoms with Gasteiger partial charge in [-0.1, -0.05) is 6.07 Å². The van der Waals surface area contributed by atoms with E-state index in [1.165, 1.54) is 17.4 Å². The fourth-order valence-electron chi connectivity index (χ4n) is 1.60. The lowest BCUT2D eigenvalue weighted by atomic mass is 10.0. The van der Waals surface area contributed by atoms with Crippen molar-refractivity contribution in [3.8, 4) is 5.75 Å². The number of hydrogen-bond donors (Lipinski definition) is 3. The van der Waals surface area contributed by atoms with Crippen LogP contribution in [0.2, 0.25) is 0 Å². The lowest BCUT2D eigenvalue weighted by Crippen LogP contribution is -2.12. The van der Waals surface area contributed by atoms with Crippen LogP contribution >= 0.6 is 11.3 Å². The number of rotatable bonds is 3. The number of carboxylic acid groups (broad SMARTS) is 1. The number of benzene rings is 1. The first-order chi connectivity index (χ1) is 8.50. The normalized spacial score (nSPS) is 12.3. The average Bonchev–Trinajstić information content (AvgIpc) is 2.85. The van der Waals surface area contributed by atoms with Crippen LogP contribution in [0.5, 0.6) is 5.75 Å². The van der Waals surface area contributed by atoms with E-state index >= 15 is 0 Å². The number of nitrogens with two attached hydrogens (primary N) is 1. The van der Waals surface area contributed by atoms with Gasteiger partial charge in [0.1, 0.15) is 0 Å². The molecule has 94 valence electrons. The van der Waals surface area contributed by atoms with Gasteiger partial charge in [-0.3, -0.25) is 0 Å². The largest absolute Gasteiger partial charge is 0.505 e. The number of thiophene rings is 1. The van der Waals surface area contributed by atoms with E-state index in [0.717, 1.165) is 6.07 Å². The highest BCUT2D eigenvalue weighted by Gasteiger charge is 2.20. The molecule has 6 heteroatoms. The Bertz CT molecular complexity index is 583. The maximum absolute atomic E-state index is 13.4. The van der Waals surface area contributed by atoms with Crippen molar-refractivity contribution in [2.45, 2.75) is 6.04 Å². The number of aromatic carboxylic acids is 1. The molecule has 1 heterocycles. The van der Waals surface area contributed by atoms with Crippen molar-refractivity contribution < 1.29 is 19.4 Å². The summed E-state index contributed by atoms with van der Waals surface area (Å²) >= 11 is 1.35. The summed E-state index contributed by atoms with van der Waals surface area (Å²) in [6.45, 7) is 0. The topological polar surface area (TPSA) is 83.6 Å². The molecule has 0 amide bonds. The summed E-state index contributed by atoms with van der Waals surface area (Å²) in [6.07, 6.45) is 0. The molecule has 4 nitrogen and oxygen atoms in total. The van der Waals surface area contributed by atoms with Crippen molar-refractivity contribution in [3.63, 3.8) is 0 Å². The van der Waals surface area contributed by atoms with Crippen LogP contribution in [0.4, 0.5) is 4.39 Å². The van der Waals surface area contributed by atoms with Gasteiger partial charge < -0.3 is 15.9 Å². The molecule has 4 N–H and O–H groups in total. The van der Waals surface area contributed by atoms with Crippen LogP contribution in [-0.4, -0.2) is 16.2 Å². The van der Waals surface area contributed by atoms with E-state index in [1.54, 1.807) is 17.5 Å². The number of halogens is 1. The quantitative estimate of drug-likeness (QED) is 0.797. The average molecular weight is 267 g/mol. The van der Waals surface area contributed by atoms with Crippen molar-refractivity contribution in [2.24, 2.45) is 5.73 Å². The first-order valence-corrected chi connectivity index (χ1v) is 5.93. The number of aromatic hydroxyl groups is 1. The number of phenolic OH excluding ortho intramolecular Hbond substituents is 1. The molecule has 2 rings (SSSR count). The second kappa shape index (κ2) is 4.75. The maximum Gasteiger partial charge on any atom is 0.335 e. The number of phenols is 1. The number of hydrogen-bond acceptors (Lipinski definition) is 4. The molecule has 1 aromatic carbocycles. The summed E-state index contributed by atoms with van der Waals surface area (Å²) in [6, 6.07) is 4.71. The Kier molecular flexibility index (Phi) is 3.31. The van der Waals surface area contributed by atoms with Crippen molar-refractivity contribution in [3.05, 3.63) is 51.5 Å². The van der Waals surface area contributed by atoms with Gasteiger partial charge in [0.2, 0.25) is 0 Å². The van der Waals surface area contributed by atoms with E-state index in [0.29, 0.717) is 4.88 Å². The van der Waals surface area contributed by atoms with Crippen LogP contribution in [0.3, 0.4) is 0 Å². The molecular weight excluding hydrogens is 257 g/mol. The molecular formula is C12H10FNO3S. The van der Waals surface area contributed by atoms with Crippen LogP contribution in [0, 0.1) is 5.82 Å².